The summed E-state index contributed by atoms with van der Waals surface area (Å²) >= 11 is 3.52. The van der Waals surface area contributed by atoms with Gasteiger partial charge < -0.3 is 10.2 Å². The van der Waals surface area contributed by atoms with Crippen LogP contribution in [0.1, 0.15) is 100 Å². The van der Waals surface area contributed by atoms with E-state index in [4.69, 9.17) is 0 Å². The molecule has 0 heterocycles. The molecule has 0 fully saturated rings. The van der Waals surface area contributed by atoms with Gasteiger partial charge in [0.05, 0.1) is 5.56 Å². The number of carbonyl (C=O) groups is 1. The molecule has 0 aliphatic heterocycles. The van der Waals surface area contributed by atoms with Crippen LogP contribution in [0.2, 0.25) is 0 Å². The monoisotopic (exact) mass is 501 g/mol. The molecule has 0 radical (unpaired) electrons. The average molecular weight is 502 g/mol. The van der Waals surface area contributed by atoms with Gasteiger partial charge in [0.15, 0.2) is 0 Å². The van der Waals surface area contributed by atoms with E-state index >= 15 is 0 Å². The van der Waals surface area contributed by atoms with Gasteiger partial charge >= 0.3 is 0 Å². The van der Waals surface area contributed by atoms with Crippen LogP contribution in [0.4, 0.5) is 0 Å². The fourth-order valence-electron chi connectivity index (χ4n) is 3.64. The largest absolute Gasteiger partial charge is 0.507 e. The summed E-state index contributed by atoms with van der Waals surface area (Å²) in [5.74, 6) is -0.255. The van der Waals surface area contributed by atoms with Gasteiger partial charge in [-0.2, -0.15) is 0 Å². The Morgan fingerprint density at radius 1 is 0.812 bits per heavy atom. The van der Waals surface area contributed by atoms with Crippen LogP contribution in [0.5, 0.6) is 11.5 Å². The molecule has 32 heavy (non-hydrogen) atoms. The van der Waals surface area contributed by atoms with Crippen LogP contribution in [0, 0.1) is 6.92 Å². The Bertz CT molecular complexity index is 1040. The lowest BCUT2D eigenvalue weighted by molar-refractivity contribution is 0.1000. The summed E-state index contributed by atoms with van der Waals surface area (Å²) in [7, 11) is 0. The molecule has 1 amide bonds. The Hall–Kier alpha value is -2.14. The van der Waals surface area contributed by atoms with E-state index in [0.29, 0.717) is 11.1 Å². The Morgan fingerprint density at radius 3 is 1.62 bits per heavy atom. The van der Waals surface area contributed by atoms with Gasteiger partial charge in [-0.25, -0.2) is 4.99 Å². The van der Waals surface area contributed by atoms with E-state index in [0.717, 1.165) is 21.2 Å². The lowest BCUT2D eigenvalue weighted by atomic mass is 9.78. The molecule has 0 bridgehead atoms. The molecule has 4 nitrogen and oxygen atoms in total. The van der Waals surface area contributed by atoms with Crippen LogP contribution in [0.25, 0.3) is 0 Å². The van der Waals surface area contributed by atoms with E-state index in [1.54, 1.807) is 6.92 Å². The highest BCUT2D eigenvalue weighted by atomic mass is 79.9. The second kappa shape index (κ2) is 8.66. The van der Waals surface area contributed by atoms with Crippen molar-refractivity contribution in [2.45, 2.75) is 85.5 Å². The minimum Gasteiger partial charge on any atom is -0.507 e. The maximum atomic E-state index is 13.1. The first-order valence-corrected chi connectivity index (χ1v) is 11.6. The number of phenolic OH excluding ortho intramolecular Hbond substituents is 2. The van der Waals surface area contributed by atoms with Crippen molar-refractivity contribution in [1.29, 1.82) is 0 Å². The number of carbonyl (C=O) groups excluding carboxylic acids is 1. The third kappa shape index (κ3) is 5.43. The highest BCUT2D eigenvalue weighted by molar-refractivity contribution is 9.10. The fraction of sp³-hybridized carbons (Fsp3) is 0.481. The SMILES string of the molecule is Cc1c(Br)cc(C(C)(C)C)c(O)c1C(=O)N=Cc1cc(C(C)(C)C)c(O)c(C(C)(C)C)c1. The molecule has 0 spiro atoms. The molecule has 2 aromatic rings. The first-order chi connectivity index (χ1) is 14.4. The van der Waals surface area contributed by atoms with Gasteiger partial charge in [0.1, 0.15) is 11.5 Å². The summed E-state index contributed by atoms with van der Waals surface area (Å²) in [5, 5.41) is 21.8. The van der Waals surface area contributed by atoms with Crippen molar-refractivity contribution >= 4 is 28.1 Å². The predicted octanol–water partition coefficient (Wildman–Crippen LogP) is 7.32. The van der Waals surface area contributed by atoms with Crippen LogP contribution in [-0.4, -0.2) is 22.3 Å². The van der Waals surface area contributed by atoms with Gasteiger partial charge in [-0.05, 0) is 52.5 Å². The first-order valence-electron chi connectivity index (χ1n) is 10.8. The summed E-state index contributed by atoms with van der Waals surface area (Å²) in [4.78, 5) is 17.3. The van der Waals surface area contributed by atoms with Crippen molar-refractivity contribution in [3.63, 3.8) is 0 Å². The Labute approximate surface area is 200 Å². The van der Waals surface area contributed by atoms with Crippen molar-refractivity contribution < 1.29 is 15.0 Å². The number of aliphatic imine (C=N–C) groups is 1. The van der Waals surface area contributed by atoms with Crippen molar-refractivity contribution in [3.8, 4) is 11.5 Å². The van der Waals surface area contributed by atoms with Crippen LogP contribution >= 0.6 is 15.9 Å². The maximum Gasteiger partial charge on any atom is 0.281 e. The third-order valence-electron chi connectivity index (χ3n) is 5.60. The second-order valence-electron chi connectivity index (χ2n) is 11.5. The van der Waals surface area contributed by atoms with E-state index in [1.165, 1.54) is 6.21 Å². The smallest absolute Gasteiger partial charge is 0.281 e. The zero-order valence-electron chi connectivity index (χ0n) is 20.9. The van der Waals surface area contributed by atoms with E-state index in [9.17, 15) is 15.0 Å². The third-order valence-corrected chi connectivity index (χ3v) is 6.42. The minimum atomic E-state index is -0.505. The van der Waals surface area contributed by atoms with E-state index < -0.39 is 5.91 Å². The van der Waals surface area contributed by atoms with Gasteiger partial charge in [-0.15, -0.1) is 0 Å². The van der Waals surface area contributed by atoms with Gasteiger partial charge in [0.25, 0.3) is 5.91 Å². The number of nitrogens with zero attached hydrogens (tertiary/aromatic N) is 1. The molecule has 2 aromatic carbocycles. The maximum absolute atomic E-state index is 13.1. The highest BCUT2D eigenvalue weighted by Gasteiger charge is 2.28. The summed E-state index contributed by atoms with van der Waals surface area (Å²) < 4.78 is 0.758. The van der Waals surface area contributed by atoms with Crippen LogP contribution in [0.15, 0.2) is 27.7 Å². The van der Waals surface area contributed by atoms with Crippen molar-refractivity contribution in [3.05, 3.63) is 56.1 Å². The molecule has 174 valence electrons. The zero-order chi connectivity index (χ0) is 24.8. The van der Waals surface area contributed by atoms with Gasteiger partial charge in [0.2, 0.25) is 0 Å². The van der Waals surface area contributed by atoms with Crippen molar-refractivity contribution in [2.75, 3.05) is 0 Å². The highest BCUT2D eigenvalue weighted by Crippen LogP contribution is 2.40. The van der Waals surface area contributed by atoms with Gasteiger partial charge in [-0.3, -0.25) is 4.79 Å². The van der Waals surface area contributed by atoms with Gasteiger partial charge in [0, 0.05) is 27.4 Å². The number of rotatable bonds is 2. The molecule has 2 rings (SSSR count). The number of phenols is 2. The van der Waals surface area contributed by atoms with Crippen molar-refractivity contribution in [2.24, 2.45) is 4.99 Å². The predicted molar refractivity (Wildman–Crippen MR) is 137 cm³/mol. The Balaban J connectivity index is 2.63. The lowest BCUT2D eigenvalue weighted by Gasteiger charge is -2.27. The molecule has 0 aliphatic carbocycles. The molecular weight excluding hydrogens is 466 g/mol. The number of aromatic hydroxyl groups is 2. The minimum absolute atomic E-state index is 0.0307. The molecule has 0 aromatic heterocycles. The molecule has 0 unspecified atom stereocenters. The molecule has 2 N–H and O–H groups in total. The van der Waals surface area contributed by atoms with E-state index in [-0.39, 0.29) is 33.3 Å². The number of benzene rings is 2. The summed E-state index contributed by atoms with van der Waals surface area (Å²) in [6.45, 7) is 20.0. The Morgan fingerprint density at radius 2 is 1.22 bits per heavy atom. The van der Waals surface area contributed by atoms with E-state index in [2.05, 4.69) is 20.9 Å². The normalized spacial score (nSPS) is 13.1. The average Bonchev–Trinajstić information content (AvgIpc) is 2.61. The van der Waals surface area contributed by atoms with E-state index in [1.807, 2.05) is 80.5 Å². The lowest BCUT2D eigenvalue weighted by Crippen LogP contribution is -2.18. The molecule has 5 heteroatoms. The number of amides is 1. The number of hydrogen-bond donors (Lipinski definition) is 2. The van der Waals surface area contributed by atoms with Crippen LogP contribution in [0.3, 0.4) is 0 Å². The molecule has 0 aliphatic rings. The second-order valence-corrected chi connectivity index (χ2v) is 12.4. The molecule has 0 saturated carbocycles. The summed E-state index contributed by atoms with van der Waals surface area (Å²) in [6.07, 6.45) is 1.52. The molecule has 0 saturated heterocycles. The zero-order valence-corrected chi connectivity index (χ0v) is 22.5. The Kier molecular flexibility index (Phi) is 7.07. The summed E-state index contributed by atoms with van der Waals surface area (Å²) in [6, 6.07) is 5.60. The summed E-state index contributed by atoms with van der Waals surface area (Å²) in [5.41, 5.74) is 2.97. The topological polar surface area (TPSA) is 69.9 Å². The first kappa shape index (κ1) is 26.1. The van der Waals surface area contributed by atoms with Gasteiger partial charge in [-0.1, -0.05) is 78.2 Å². The quantitative estimate of drug-likeness (QED) is 0.423. The van der Waals surface area contributed by atoms with Crippen molar-refractivity contribution in [1.82, 2.24) is 0 Å². The fourth-order valence-corrected chi connectivity index (χ4v) is 4.07. The number of halogens is 1. The molecular formula is C27H36BrNO3. The molecule has 0 atom stereocenters. The van der Waals surface area contributed by atoms with Crippen LogP contribution < -0.4 is 0 Å². The number of hydrogen-bond acceptors (Lipinski definition) is 3. The standard InChI is InChI=1S/C27H36BrNO3/c1-15-20(28)13-19(27(8,9)10)23(31)21(15)24(32)29-14-16-11-17(25(2,3)4)22(30)18(12-16)26(5,6)7/h11-14,30-31H,1-10H3. The van der Waals surface area contributed by atoms with Crippen LogP contribution in [-0.2, 0) is 16.2 Å².